The fourth-order valence-electron chi connectivity index (χ4n) is 3.50. The summed E-state index contributed by atoms with van der Waals surface area (Å²) in [5.41, 5.74) is 0.550. The van der Waals surface area contributed by atoms with Crippen LogP contribution in [0.3, 0.4) is 0 Å². The van der Waals surface area contributed by atoms with Crippen molar-refractivity contribution < 1.29 is 14.5 Å². The number of esters is 1. The van der Waals surface area contributed by atoms with Crippen LogP contribution < -0.4 is 10.5 Å². The monoisotopic (exact) mass is 428 g/mol. The van der Waals surface area contributed by atoms with Crippen molar-refractivity contribution in [1.29, 1.82) is 0 Å². The third-order valence-electron chi connectivity index (χ3n) is 5.24. The van der Waals surface area contributed by atoms with Crippen molar-refractivity contribution in [2.24, 2.45) is 5.92 Å². The van der Waals surface area contributed by atoms with Crippen LogP contribution in [0.4, 0.5) is 11.4 Å². The van der Waals surface area contributed by atoms with Crippen LogP contribution >= 0.6 is 11.3 Å². The number of fused-ring (bicyclic) bond motifs is 1. The van der Waals surface area contributed by atoms with Gasteiger partial charge in [-0.2, -0.15) is 0 Å². The smallest absolute Gasteiger partial charge is 0.338 e. The van der Waals surface area contributed by atoms with Crippen molar-refractivity contribution in [3.8, 4) is 0 Å². The number of aromatic nitrogens is 2. The number of hydrogen-bond acceptors (Lipinski definition) is 8. The number of rotatable bonds is 5. The van der Waals surface area contributed by atoms with Gasteiger partial charge in [0, 0.05) is 36.8 Å². The van der Waals surface area contributed by atoms with Gasteiger partial charge in [-0.05, 0) is 30.9 Å². The fraction of sp³-hybridized carbons (Fsp3) is 0.350. The van der Waals surface area contributed by atoms with Crippen LogP contribution in [0.15, 0.2) is 40.6 Å². The highest BCUT2D eigenvalue weighted by molar-refractivity contribution is 7.15. The molecular weight excluding hydrogens is 408 g/mol. The molecule has 156 valence electrons. The summed E-state index contributed by atoms with van der Waals surface area (Å²) in [5, 5.41) is 13.3. The summed E-state index contributed by atoms with van der Waals surface area (Å²) in [6.07, 6.45) is 3.57. The molecule has 0 unspecified atom stereocenters. The molecule has 9 nitrogen and oxygen atoms in total. The summed E-state index contributed by atoms with van der Waals surface area (Å²) in [6, 6.07) is 5.69. The Morgan fingerprint density at radius 2 is 2.10 bits per heavy atom. The highest BCUT2D eigenvalue weighted by atomic mass is 32.1. The topological polar surface area (TPSA) is 107 Å². The standard InChI is InChI=1S/C20H20N4O5S/c1-13-4-6-22(7-5-13)16-3-2-14(10-17(16)24(27)28)19(26)29-12-15-11-18(25)23-8-9-30-20(23)21-15/h2-3,8-11,13H,4-7,12H2,1H3. The van der Waals surface area contributed by atoms with Gasteiger partial charge in [0.05, 0.1) is 16.2 Å². The Morgan fingerprint density at radius 1 is 1.33 bits per heavy atom. The molecule has 1 aliphatic heterocycles. The predicted octanol–water partition coefficient (Wildman–Crippen LogP) is 3.26. The highest BCUT2D eigenvalue weighted by Crippen LogP contribution is 2.32. The van der Waals surface area contributed by atoms with E-state index in [2.05, 4.69) is 11.9 Å². The van der Waals surface area contributed by atoms with Crippen molar-refractivity contribution in [1.82, 2.24) is 9.38 Å². The summed E-state index contributed by atoms with van der Waals surface area (Å²) in [5.74, 6) is -0.102. The average Bonchev–Trinajstić information content (AvgIpc) is 3.21. The molecule has 3 heterocycles. The molecule has 1 fully saturated rings. The van der Waals surface area contributed by atoms with Crippen LogP contribution in [-0.4, -0.2) is 33.4 Å². The number of benzene rings is 1. The maximum absolute atomic E-state index is 12.5. The SMILES string of the molecule is CC1CCN(c2ccc(C(=O)OCc3cc(=O)n4ccsc4n3)cc2[N+](=O)[O-])CC1. The third kappa shape index (κ3) is 4.04. The Morgan fingerprint density at radius 3 is 2.83 bits per heavy atom. The van der Waals surface area contributed by atoms with E-state index in [-0.39, 0.29) is 23.4 Å². The first-order chi connectivity index (χ1) is 14.4. The number of nitro groups is 1. The lowest BCUT2D eigenvalue weighted by atomic mass is 9.98. The zero-order valence-corrected chi connectivity index (χ0v) is 17.1. The molecule has 1 aromatic carbocycles. The second kappa shape index (κ2) is 8.23. The Hall–Kier alpha value is -3.27. The summed E-state index contributed by atoms with van der Waals surface area (Å²) in [6.45, 7) is 3.48. The van der Waals surface area contributed by atoms with Gasteiger partial charge >= 0.3 is 5.97 Å². The average molecular weight is 428 g/mol. The van der Waals surface area contributed by atoms with Crippen LogP contribution in [0.1, 0.15) is 35.8 Å². The Balaban J connectivity index is 1.51. The van der Waals surface area contributed by atoms with E-state index in [1.165, 1.54) is 33.9 Å². The summed E-state index contributed by atoms with van der Waals surface area (Å²) < 4.78 is 6.65. The lowest BCUT2D eigenvalue weighted by Crippen LogP contribution is -2.33. The van der Waals surface area contributed by atoms with Crippen LogP contribution in [0, 0.1) is 16.0 Å². The van der Waals surface area contributed by atoms with Crippen molar-refractivity contribution in [3.63, 3.8) is 0 Å². The van der Waals surface area contributed by atoms with E-state index in [0.717, 1.165) is 25.9 Å². The van der Waals surface area contributed by atoms with Crippen LogP contribution in [-0.2, 0) is 11.3 Å². The van der Waals surface area contributed by atoms with Gasteiger partial charge in [-0.25, -0.2) is 9.78 Å². The molecule has 3 aromatic rings. The van der Waals surface area contributed by atoms with Gasteiger partial charge in [0.2, 0.25) is 0 Å². The van der Waals surface area contributed by atoms with Crippen molar-refractivity contribution in [2.75, 3.05) is 18.0 Å². The Bertz CT molecular complexity index is 1160. The molecule has 0 spiro atoms. The van der Waals surface area contributed by atoms with E-state index in [9.17, 15) is 19.7 Å². The summed E-state index contributed by atoms with van der Waals surface area (Å²) in [7, 11) is 0. The van der Waals surface area contributed by atoms with Crippen LogP contribution in [0.25, 0.3) is 4.96 Å². The van der Waals surface area contributed by atoms with E-state index in [1.54, 1.807) is 17.6 Å². The number of carbonyl (C=O) groups excluding carboxylic acids is 1. The molecule has 30 heavy (non-hydrogen) atoms. The van der Waals surface area contributed by atoms with E-state index in [0.29, 0.717) is 22.3 Å². The molecule has 0 amide bonds. The number of ether oxygens (including phenoxy) is 1. The minimum atomic E-state index is -0.704. The number of hydrogen-bond donors (Lipinski definition) is 0. The van der Waals surface area contributed by atoms with Gasteiger partial charge in [0.25, 0.3) is 11.2 Å². The molecule has 0 aliphatic carbocycles. The van der Waals surface area contributed by atoms with E-state index < -0.39 is 10.9 Å². The third-order valence-corrected chi connectivity index (χ3v) is 6.00. The molecule has 2 aromatic heterocycles. The number of carbonyl (C=O) groups is 1. The quantitative estimate of drug-likeness (QED) is 0.349. The summed E-state index contributed by atoms with van der Waals surface area (Å²) in [4.78, 5) is 42.4. The molecule has 10 heteroatoms. The lowest BCUT2D eigenvalue weighted by Gasteiger charge is -2.31. The van der Waals surface area contributed by atoms with Crippen LogP contribution in [0.5, 0.6) is 0 Å². The largest absolute Gasteiger partial charge is 0.456 e. The van der Waals surface area contributed by atoms with Crippen molar-refractivity contribution in [2.45, 2.75) is 26.4 Å². The van der Waals surface area contributed by atoms with Gasteiger partial charge in [-0.3, -0.25) is 19.3 Å². The first-order valence-electron chi connectivity index (χ1n) is 9.58. The van der Waals surface area contributed by atoms with E-state index in [1.807, 2.05) is 4.90 Å². The molecule has 0 bridgehead atoms. The maximum Gasteiger partial charge on any atom is 0.338 e. The van der Waals surface area contributed by atoms with Crippen molar-refractivity contribution in [3.05, 3.63) is 67.6 Å². The van der Waals surface area contributed by atoms with Crippen LogP contribution in [0.2, 0.25) is 0 Å². The zero-order valence-electron chi connectivity index (χ0n) is 16.3. The van der Waals surface area contributed by atoms with E-state index in [4.69, 9.17) is 4.74 Å². The minimum Gasteiger partial charge on any atom is -0.456 e. The van der Waals surface area contributed by atoms with Gasteiger partial charge in [0.15, 0.2) is 4.96 Å². The molecular formula is C20H20N4O5S. The predicted molar refractivity (Wildman–Crippen MR) is 112 cm³/mol. The van der Waals surface area contributed by atoms with Crippen molar-refractivity contribution >= 4 is 33.6 Å². The molecule has 1 aliphatic rings. The van der Waals surface area contributed by atoms with Gasteiger partial charge in [-0.15, -0.1) is 11.3 Å². The van der Waals surface area contributed by atoms with E-state index >= 15 is 0 Å². The number of anilines is 1. The first kappa shape index (κ1) is 20.0. The van der Waals surface area contributed by atoms with Gasteiger partial charge in [-0.1, -0.05) is 6.92 Å². The first-order valence-corrected chi connectivity index (χ1v) is 10.5. The summed E-state index contributed by atoms with van der Waals surface area (Å²) >= 11 is 1.30. The number of piperidine rings is 1. The molecule has 0 radical (unpaired) electrons. The minimum absolute atomic E-state index is 0.0877. The zero-order chi connectivity index (χ0) is 21.3. The highest BCUT2D eigenvalue weighted by Gasteiger charge is 2.25. The molecule has 0 atom stereocenters. The van der Waals surface area contributed by atoms with Gasteiger partial charge < -0.3 is 9.64 Å². The fourth-order valence-corrected chi connectivity index (χ4v) is 4.24. The number of nitrogens with zero attached hydrogens (tertiary/aromatic N) is 4. The number of thiazole rings is 1. The Labute approximate surface area is 175 Å². The van der Waals surface area contributed by atoms with Gasteiger partial charge in [0.1, 0.15) is 12.3 Å². The second-order valence-electron chi connectivity index (χ2n) is 7.35. The Kier molecular flexibility index (Phi) is 5.49. The molecule has 1 saturated heterocycles. The molecule has 0 saturated carbocycles. The second-order valence-corrected chi connectivity index (χ2v) is 8.22. The molecule has 0 N–H and O–H groups in total. The molecule has 4 rings (SSSR count). The lowest BCUT2D eigenvalue weighted by molar-refractivity contribution is -0.384. The maximum atomic E-state index is 12.5. The number of nitro benzene ring substituents is 1. The normalized spacial score (nSPS) is 14.8.